The molecule has 0 saturated carbocycles. The first-order valence-electron chi connectivity index (χ1n) is 27.9. The zero-order chi connectivity index (χ0) is 55.9. The number of hydrogen-bond donors (Lipinski definition) is 6. The molecule has 0 unspecified atom stereocenters. The van der Waals surface area contributed by atoms with Gasteiger partial charge in [-0.15, -0.1) is 0 Å². The second-order valence-corrected chi connectivity index (χ2v) is 21.7. The molecule has 4 fully saturated rings. The molecule has 4 aliphatic heterocycles. The molecule has 6 heterocycles. The minimum absolute atomic E-state index is 0. The van der Waals surface area contributed by atoms with Crippen LogP contribution < -0.4 is 21.3 Å². The highest BCUT2D eigenvalue weighted by atomic mass is 19.1. The van der Waals surface area contributed by atoms with Crippen molar-refractivity contribution in [3.05, 3.63) is 131 Å². The maximum absolute atomic E-state index is 14.2. The number of amides is 6. The zero-order valence-electron chi connectivity index (χ0n) is 46.2. The van der Waals surface area contributed by atoms with Crippen LogP contribution in [0.15, 0.2) is 91.0 Å². The van der Waals surface area contributed by atoms with Gasteiger partial charge in [0.05, 0.1) is 46.2 Å². The first-order chi connectivity index (χ1) is 38.1. The van der Waals surface area contributed by atoms with Crippen LogP contribution in [0.2, 0.25) is 0 Å². The molecule has 0 radical (unpaired) electrons. The van der Waals surface area contributed by atoms with Gasteiger partial charge in [-0.25, -0.2) is 14.4 Å². The second-order valence-electron chi connectivity index (χ2n) is 21.7. The van der Waals surface area contributed by atoms with Gasteiger partial charge in [-0.1, -0.05) is 74.2 Å². The van der Waals surface area contributed by atoms with Crippen LogP contribution in [0, 0.1) is 19.7 Å². The number of carbonyl (C=O) groups is 6. The molecule has 18 nitrogen and oxygen atoms in total. The van der Waals surface area contributed by atoms with E-state index in [0.717, 1.165) is 81.7 Å². The average Bonchev–Trinajstić information content (AvgIpc) is 4.28. The van der Waals surface area contributed by atoms with Gasteiger partial charge in [0.25, 0.3) is 0 Å². The van der Waals surface area contributed by atoms with Gasteiger partial charge in [-0.3, -0.25) is 28.8 Å². The Morgan fingerprint density at radius 1 is 0.588 bits per heavy atom. The molecular formula is C61H79FN12O6. The molecule has 10 rings (SSSR count). The van der Waals surface area contributed by atoms with E-state index in [0.29, 0.717) is 45.2 Å². The van der Waals surface area contributed by atoms with Crippen molar-refractivity contribution >= 4 is 57.5 Å². The van der Waals surface area contributed by atoms with Crippen molar-refractivity contribution in [3.63, 3.8) is 0 Å². The number of likely N-dealkylation sites (N-methyl/N-ethyl adjacent to an activating group) is 2. The topological polar surface area (TPSA) is 221 Å². The molecule has 2 aromatic heterocycles. The minimum Gasteiger partial charge on any atom is -0.341 e. The molecule has 6 amide bonds. The fourth-order valence-electron chi connectivity index (χ4n) is 11.6. The zero-order valence-corrected chi connectivity index (χ0v) is 46.2. The van der Waals surface area contributed by atoms with Gasteiger partial charge < -0.3 is 50.8 Å². The lowest BCUT2D eigenvalue weighted by atomic mass is 10.0. The van der Waals surface area contributed by atoms with Crippen molar-refractivity contribution in [2.45, 2.75) is 148 Å². The Labute approximate surface area is 468 Å². The third kappa shape index (κ3) is 13.2. The normalized spacial score (nSPS) is 21.9. The summed E-state index contributed by atoms with van der Waals surface area (Å²) in [6.07, 6.45) is 6.21. The molecule has 0 bridgehead atoms. The summed E-state index contributed by atoms with van der Waals surface area (Å²) in [6, 6.07) is 24.9. The number of hydrogen-bond acceptors (Lipinski definition) is 10. The van der Waals surface area contributed by atoms with E-state index in [4.69, 9.17) is 9.97 Å². The number of fused-ring (bicyclic) bond motifs is 4. The quantitative estimate of drug-likeness (QED) is 0.0696. The highest BCUT2D eigenvalue weighted by Crippen LogP contribution is 2.40. The van der Waals surface area contributed by atoms with Gasteiger partial charge >= 0.3 is 0 Å². The van der Waals surface area contributed by atoms with Crippen molar-refractivity contribution < 1.29 is 33.2 Å². The smallest absolute Gasteiger partial charge is 0.247 e. The summed E-state index contributed by atoms with van der Waals surface area (Å²) in [5.41, 5.74) is 7.82. The number of benzene rings is 4. The molecule has 6 aromatic rings. The van der Waals surface area contributed by atoms with E-state index in [9.17, 15) is 33.2 Å². The lowest BCUT2D eigenvalue weighted by Crippen LogP contribution is -2.60. The number of aryl methyl sites for hydroxylation is 4. The van der Waals surface area contributed by atoms with E-state index < -0.39 is 24.2 Å². The van der Waals surface area contributed by atoms with E-state index >= 15 is 0 Å². The van der Waals surface area contributed by atoms with Crippen LogP contribution in [0.1, 0.15) is 119 Å². The van der Waals surface area contributed by atoms with Gasteiger partial charge in [-0.2, -0.15) is 0 Å². The molecule has 6 N–H and O–H groups in total. The van der Waals surface area contributed by atoms with Crippen molar-refractivity contribution in [3.8, 4) is 0 Å². The third-order valence-corrected chi connectivity index (χ3v) is 16.5. The molecule has 8 atom stereocenters. The van der Waals surface area contributed by atoms with E-state index in [1.807, 2.05) is 90.4 Å². The number of para-hydroxylation sites is 2. The van der Waals surface area contributed by atoms with Gasteiger partial charge in [0.2, 0.25) is 35.4 Å². The van der Waals surface area contributed by atoms with Crippen LogP contribution in [0.5, 0.6) is 0 Å². The Kier molecular flexibility index (Phi) is 19.2. The lowest BCUT2D eigenvalue weighted by molar-refractivity contribution is -0.144. The van der Waals surface area contributed by atoms with Gasteiger partial charge in [-0.05, 0) is 140 Å². The van der Waals surface area contributed by atoms with Crippen molar-refractivity contribution in [2.75, 3.05) is 40.3 Å². The van der Waals surface area contributed by atoms with Gasteiger partial charge in [0.15, 0.2) is 0 Å². The number of aromatic amines is 2. The number of halogens is 1. The summed E-state index contributed by atoms with van der Waals surface area (Å²) in [4.78, 5) is 105. The van der Waals surface area contributed by atoms with E-state index in [-0.39, 0.29) is 92.4 Å². The summed E-state index contributed by atoms with van der Waals surface area (Å²) in [5, 5.41) is 11.7. The predicted octanol–water partition coefficient (Wildman–Crippen LogP) is 6.50. The van der Waals surface area contributed by atoms with Crippen LogP contribution in [0.4, 0.5) is 4.39 Å². The van der Waals surface area contributed by atoms with Crippen LogP contribution >= 0.6 is 0 Å². The lowest BCUT2D eigenvalue weighted by Gasteiger charge is -2.39. The van der Waals surface area contributed by atoms with Crippen molar-refractivity contribution in [1.29, 1.82) is 0 Å². The molecule has 4 aromatic carbocycles. The molecular weight excluding hydrogens is 1020 g/mol. The summed E-state index contributed by atoms with van der Waals surface area (Å²) in [5.74, 6) is 0.212. The summed E-state index contributed by atoms with van der Waals surface area (Å²) < 4.78 is 13.3. The maximum atomic E-state index is 14.2. The number of H-pyrrole nitrogens is 2. The summed E-state index contributed by atoms with van der Waals surface area (Å²) in [7, 11) is 3.39. The standard InChI is InChI=1S/C30H37FN6O3.C30H38N6O3.CH4/c1-18-5-4-6-23-27(18)35-28(33-23)25-13-12-22-15-16-36(26(38)14-9-20-7-10-21(31)11-8-20)17-24(30(40)37(22)25)34-29(39)19(2)32-3;1-19-8-7-11-23-27(19)34-28(32-23)25-14-13-22-16-17-35(26(37)15-12-21-9-5-4-6-10-21)18-24(30(39)36(22)25)33-29(38)20(2)31-3;/h4-8,10-11,19,22,24-25,32H,9,12-17H2,1-3H3,(H,33,35)(H,34,39);4-11,20,22,24-25,31H,12-18H2,1-3H3,(H,32,34)(H,33,38);1H4/t19-,22+,24-,25-;20-,22+,24-,25-;/m00./s1. The average molecular weight is 1100 g/mol. The van der Waals surface area contributed by atoms with E-state index in [1.165, 1.54) is 12.1 Å². The molecule has 80 heavy (non-hydrogen) atoms. The Morgan fingerprint density at radius 3 is 1.43 bits per heavy atom. The third-order valence-electron chi connectivity index (χ3n) is 16.5. The highest BCUT2D eigenvalue weighted by Gasteiger charge is 2.46. The van der Waals surface area contributed by atoms with Crippen LogP contribution in [-0.4, -0.2) is 152 Å². The molecule has 0 spiro atoms. The predicted molar refractivity (Wildman–Crippen MR) is 306 cm³/mol. The Hall–Kier alpha value is -7.51. The number of aromatic nitrogens is 4. The number of rotatable bonds is 14. The number of nitrogens with one attached hydrogen (secondary N) is 6. The molecule has 0 aliphatic carbocycles. The highest BCUT2D eigenvalue weighted by molar-refractivity contribution is 5.92. The SMILES string of the molecule is C.CN[C@@H](C)C(=O)N[C@H]1CN(C(=O)CCc2ccc(F)cc2)CC[C@H]2CC[C@@H](c3nc4c(C)cccc4[nH]3)N2C1=O.CN[C@@H](C)C(=O)N[C@H]1CN(C(=O)CCc2ccccc2)CC[C@H]2CC[C@@H](c3nc4c(C)cccc4[nH]3)N2C1=O. The van der Waals surface area contributed by atoms with Crippen LogP contribution in [0.25, 0.3) is 22.1 Å². The fourth-order valence-corrected chi connectivity index (χ4v) is 11.6. The minimum atomic E-state index is -0.882. The van der Waals surface area contributed by atoms with E-state index in [1.54, 1.807) is 49.9 Å². The molecule has 19 heteroatoms. The Morgan fingerprint density at radius 2 is 1.01 bits per heavy atom. The van der Waals surface area contributed by atoms with E-state index in [2.05, 4.69) is 31.2 Å². The first-order valence-corrected chi connectivity index (χ1v) is 27.9. The van der Waals surface area contributed by atoms with Crippen LogP contribution in [0.3, 0.4) is 0 Å². The monoisotopic (exact) mass is 1090 g/mol. The van der Waals surface area contributed by atoms with Gasteiger partial charge in [0.1, 0.15) is 29.5 Å². The maximum Gasteiger partial charge on any atom is 0.247 e. The van der Waals surface area contributed by atoms with Crippen LogP contribution in [-0.2, 0) is 41.6 Å². The fraction of sp³-hybridized carbons (Fsp3) is 0.475. The first kappa shape index (κ1) is 58.6. The molecule has 4 aliphatic rings. The van der Waals surface area contributed by atoms with Crippen molar-refractivity contribution in [1.82, 2.24) is 60.8 Å². The molecule has 426 valence electrons. The van der Waals surface area contributed by atoms with Crippen molar-refractivity contribution in [2.24, 2.45) is 0 Å². The molecule has 4 saturated heterocycles. The number of nitrogens with zero attached hydrogens (tertiary/aromatic N) is 6. The second kappa shape index (κ2) is 26.2. The number of imidazole rings is 2. The summed E-state index contributed by atoms with van der Waals surface area (Å²) in [6.45, 7) is 8.81. The Bertz CT molecular complexity index is 3150. The largest absolute Gasteiger partial charge is 0.341 e. The summed E-state index contributed by atoms with van der Waals surface area (Å²) >= 11 is 0. The number of carbonyl (C=O) groups excluding carboxylic acids is 6. The van der Waals surface area contributed by atoms with Gasteiger partial charge in [0, 0.05) is 51.1 Å². The Balaban J connectivity index is 0.000000208.